The molecule has 1 aromatic heterocycles. The molecule has 124 valence electrons. The Balaban J connectivity index is 2.12. The molecule has 0 spiro atoms. The van der Waals surface area contributed by atoms with Gasteiger partial charge in [-0.15, -0.1) is 11.3 Å². The molecular formula is C17H16N2O4S. The van der Waals surface area contributed by atoms with E-state index in [9.17, 15) is 14.4 Å². The third-order valence-electron chi connectivity index (χ3n) is 3.78. The molecule has 1 aliphatic rings. The van der Waals surface area contributed by atoms with Crippen LogP contribution in [0, 0.1) is 6.92 Å². The second-order valence-corrected chi connectivity index (χ2v) is 6.67. The van der Waals surface area contributed by atoms with Crippen LogP contribution in [-0.2, 0) is 14.4 Å². The molecule has 1 amide bonds. The van der Waals surface area contributed by atoms with Gasteiger partial charge < -0.3 is 4.74 Å². The lowest BCUT2D eigenvalue weighted by atomic mass is 10.0. The van der Waals surface area contributed by atoms with Gasteiger partial charge in [0.2, 0.25) is 0 Å². The summed E-state index contributed by atoms with van der Waals surface area (Å²) in [7, 11) is 0. The fraction of sp³-hybridized carbons (Fsp3) is 0.294. The van der Waals surface area contributed by atoms with E-state index in [-0.39, 0.29) is 18.2 Å². The van der Waals surface area contributed by atoms with E-state index in [4.69, 9.17) is 4.74 Å². The number of hydrogen-bond acceptors (Lipinski definition) is 6. The summed E-state index contributed by atoms with van der Waals surface area (Å²) in [6, 6.07) is 4.18. The van der Waals surface area contributed by atoms with Gasteiger partial charge in [0.25, 0.3) is 5.91 Å². The van der Waals surface area contributed by atoms with Crippen molar-refractivity contribution in [2.75, 3.05) is 11.5 Å². The highest BCUT2D eigenvalue weighted by molar-refractivity contribution is 7.09. The van der Waals surface area contributed by atoms with E-state index in [0.717, 1.165) is 16.3 Å². The smallest absolute Gasteiger partial charge is 0.266 e. The van der Waals surface area contributed by atoms with Crippen molar-refractivity contribution in [1.29, 1.82) is 0 Å². The Morgan fingerprint density at radius 3 is 2.58 bits per heavy atom. The Hall–Kier alpha value is -2.54. The number of amides is 1. The minimum absolute atomic E-state index is 0.195. The Morgan fingerprint density at radius 2 is 2.00 bits per heavy atom. The number of aryl methyl sites for hydroxylation is 1. The van der Waals surface area contributed by atoms with Crippen molar-refractivity contribution in [2.45, 2.75) is 26.8 Å². The number of carbonyl (C=O) groups is 3. The molecule has 0 saturated carbocycles. The van der Waals surface area contributed by atoms with E-state index in [0.29, 0.717) is 11.4 Å². The number of anilines is 1. The summed E-state index contributed by atoms with van der Waals surface area (Å²) in [5.74, 6) is -0.695. The molecular weight excluding hydrogens is 328 g/mol. The van der Waals surface area contributed by atoms with Crippen molar-refractivity contribution < 1.29 is 19.1 Å². The molecule has 0 aliphatic carbocycles. The first-order valence-electron chi connectivity index (χ1n) is 7.41. The number of thiazole rings is 1. The lowest BCUT2D eigenvalue weighted by molar-refractivity contribution is -0.131. The first-order chi connectivity index (χ1) is 11.4. The van der Waals surface area contributed by atoms with Gasteiger partial charge in [0.1, 0.15) is 5.75 Å². The van der Waals surface area contributed by atoms with Gasteiger partial charge in [-0.05, 0) is 39.0 Å². The number of ketones is 2. The Labute approximate surface area is 143 Å². The van der Waals surface area contributed by atoms with Gasteiger partial charge >= 0.3 is 0 Å². The quantitative estimate of drug-likeness (QED) is 0.796. The number of aromatic nitrogens is 1. The van der Waals surface area contributed by atoms with E-state index in [1.165, 1.54) is 30.1 Å². The van der Waals surface area contributed by atoms with Crippen molar-refractivity contribution in [3.8, 4) is 17.0 Å². The van der Waals surface area contributed by atoms with Crippen LogP contribution in [0.2, 0.25) is 0 Å². The van der Waals surface area contributed by atoms with Crippen LogP contribution >= 0.6 is 11.3 Å². The molecule has 0 N–H and O–H groups in total. The van der Waals surface area contributed by atoms with Gasteiger partial charge in [-0.25, -0.2) is 4.98 Å². The summed E-state index contributed by atoms with van der Waals surface area (Å²) in [5.41, 5.74) is 2.00. The highest BCUT2D eigenvalue weighted by Crippen LogP contribution is 2.37. The van der Waals surface area contributed by atoms with Gasteiger partial charge in [-0.3, -0.25) is 19.3 Å². The minimum Gasteiger partial charge on any atom is -0.482 e. The van der Waals surface area contributed by atoms with Crippen molar-refractivity contribution in [3.63, 3.8) is 0 Å². The minimum atomic E-state index is -1.13. The number of fused-ring (bicyclic) bond motifs is 1. The van der Waals surface area contributed by atoms with Gasteiger partial charge in [-0.1, -0.05) is 0 Å². The summed E-state index contributed by atoms with van der Waals surface area (Å²) in [5, 5.41) is 2.85. The maximum atomic E-state index is 12.3. The molecule has 1 aromatic carbocycles. The summed E-state index contributed by atoms with van der Waals surface area (Å²) >= 11 is 1.52. The van der Waals surface area contributed by atoms with Crippen LogP contribution in [0.15, 0.2) is 23.6 Å². The molecule has 0 saturated heterocycles. The zero-order chi connectivity index (χ0) is 17.4. The molecule has 2 heterocycles. The van der Waals surface area contributed by atoms with Crippen LogP contribution in [-0.4, -0.2) is 35.1 Å². The molecule has 0 radical (unpaired) electrons. The second-order valence-electron chi connectivity index (χ2n) is 5.61. The van der Waals surface area contributed by atoms with Crippen LogP contribution < -0.4 is 9.64 Å². The zero-order valence-electron chi connectivity index (χ0n) is 13.5. The van der Waals surface area contributed by atoms with E-state index < -0.39 is 11.9 Å². The van der Waals surface area contributed by atoms with Gasteiger partial charge in [0, 0.05) is 10.9 Å². The predicted molar refractivity (Wildman–Crippen MR) is 90.4 cm³/mol. The highest BCUT2D eigenvalue weighted by Gasteiger charge is 2.37. The second kappa shape index (κ2) is 6.16. The molecule has 0 bridgehead atoms. The normalized spacial score (nSPS) is 13.7. The fourth-order valence-electron chi connectivity index (χ4n) is 2.76. The van der Waals surface area contributed by atoms with Gasteiger partial charge in [0.05, 0.1) is 16.4 Å². The van der Waals surface area contributed by atoms with Gasteiger partial charge in [-0.2, -0.15) is 0 Å². The Kier molecular flexibility index (Phi) is 4.19. The SMILES string of the molecule is CC(=O)C(C(C)=O)N1C(=O)COc2ccc(-c3csc(C)n3)cc21. The number of rotatable bonds is 4. The molecule has 0 fully saturated rings. The third kappa shape index (κ3) is 2.82. The molecule has 0 atom stereocenters. The Bertz CT molecular complexity index is 829. The van der Waals surface area contributed by atoms with E-state index >= 15 is 0 Å². The largest absolute Gasteiger partial charge is 0.482 e. The average molecular weight is 344 g/mol. The summed E-state index contributed by atoms with van der Waals surface area (Å²) in [4.78, 5) is 41.9. The van der Waals surface area contributed by atoms with Crippen LogP contribution in [0.4, 0.5) is 5.69 Å². The molecule has 1 aliphatic heterocycles. The van der Waals surface area contributed by atoms with E-state index in [2.05, 4.69) is 4.98 Å². The number of Topliss-reactive ketones (excluding diaryl/α,β-unsaturated/α-hetero) is 2. The third-order valence-corrected chi connectivity index (χ3v) is 4.55. The van der Waals surface area contributed by atoms with Crippen molar-refractivity contribution in [3.05, 3.63) is 28.6 Å². The van der Waals surface area contributed by atoms with E-state index in [1.807, 2.05) is 18.4 Å². The first-order valence-corrected chi connectivity index (χ1v) is 8.28. The van der Waals surface area contributed by atoms with Crippen LogP contribution in [0.5, 0.6) is 5.75 Å². The number of benzene rings is 1. The summed E-state index contributed by atoms with van der Waals surface area (Å²) in [6.45, 7) is 4.33. The van der Waals surface area contributed by atoms with Crippen LogP contribution in [0.25, 0.3) is 11.3 Å². The van der Waals surface area contributed by atoms with Gasteiger partial charge in [0.15, 0.2) is 24.2 Å². The lowest BCUT2D eigenvalue weighted by Crippen LogP contribution is -2.52. The molecule has 3 rings (SSSR count). The van der Waals surface area contributed by atoms with Crippen LogP contribution in [0.1, 0.15) is 18.9 Å². The summed E-state index contributed by atoms with van der Waals surface area (Å²) in [6.07, 6.45) is 0. The standard InChI is InChI=1S/C17H16N2O4S/c1-9(20)17(10(2)21)19-14-6-12(13-8-24-11(3)18-13)4-5-15(14)23-7-16(19)22/h4-6,8,17H,7H2,1-3H3. The number of ether oxygens (including phenoxy) is 1. The van der Waals surface area contributed by atoms with Crippen molar-refractivity contribution in [2.24, 2.45) is 0 Å². The van der Waals surface area contributed by atoms with Crippen molar-refractivity contribution in [1.82, 2.24) is 4.98 Å². The highest BCUT2D eigenvalue weighted by atomic mass is 32.1. The molecule has 7 heteroatoms. The maximum absolute atomic E-state index is 12.3. The molecule has 2 aromatic rings. The molecule has 24 heavy (non-hydrogen) atoms. The van der Waals surface area contributed by atoms with Crippen molar-refractivity contribution >= 4 is 34.5 Å². The molecule has 0 unspecified atom stereocenters. The lowest BCUT2D eigenvalue weighted by Gasteiger charge is -2.33. The number of nitrogens with zero attached hydrogens (tertiary/aromatic N) is 2. The predicted octanol–water partition coefficient (Wildman–Crippen LogP) is 2.39. The fourth-order valence-corrected chi connectivity index (χ4v) is 3.38. The first kappa shape index (κ1) is 16.3. The number of carbonyl (C=O) groups excluding carboxylic acids is 3. The summed E-state index contributed by atoms with van der Waals surface area (Å²) < 4.78 is 5.44. The maximum Gasteiger partial charge on any atom is 0.266 e. The number of hydrogen-bond donors (Lipinski definition) is 0. The van der Waals surface area contributed by atoms with Crippen LogP contribution in [0.3, 0.4) is 0 Å². The average Bonchev–Trinajstić information content (AvgIpc) is 2.95. The molecule has 6 nitrogen and oxygen atoms in total. The Morgan fingerprint density at radius 1 is 1.29 bits per heavy atom. The topological polar surface area (TPSA) is 76.6 Å². The zero-order valence-corrected chi connectivity index (χ0v) is 14.3. The monoisotopic (exact) mass is 344 g/mol. The van der Waals surface area contributed by atoms with E-state index in [1.54, 1.807) is 12.1 Å².